The van der Waals surface area contributed by atoms with Crippen LogP contribution in [0.15, 0.2) is 84.0 Å². The summed E-state index contributed by atoms with van der Waals surface area (Å²) in [5.74, 6) is 0. The van der Waals surface area contributed by atoms with E-state index in [2.05, 4.69) is 75.7 Å². The molecule has 0 unspecified atom stereocenters. The highest BCUT2D eigenvalue weighted by atomic mass is 15.5. The van der Waals surface area contributed by atoms with Crippen LogP contribution in [-0.2, 0) is 0 Å². The van der Waals surface area contributed by atoms with Crippen LogP contribution in [0, 0.1) is 0 Å². The molecule has 134 valence electrons. The number of rotatable bonds is 3. The Balaban J connectivity index is 1.33. The highest BCUT2D eigenvalue weighted by Crippen LogP contribution is 2.46. The van der Waals surface area contributed by atoms with E-state index in [1.165, 1.54) is 22.3 Å². The third kappa shape index (κ3) is 3.04. The molecule has 0 radical (unpaired) electrons. The summed E-state index contributed by atoms with van der Waals surface area (Å²) in [6.45, 7) is 3.98. The van der Waals surface area contributed by atoms with Crippen molar-refractivity contribution in [2.75, 3.05) is 26.2 Å². The number of hydrogen-bond acceptors (Lipinski definition) is 3. The minimum absolute atomic E-state index is 0.373. The summed E-state index contributed by atoms with van der Waals surface area (Å²) in [6.07, 6.45) is 1.97. The third-order valence-corrected chi connectivity index (χ3v) is 5.63. The fourth-order valence-corrected chi connectivity index (χ4v) is 4.29. The summed E-state index contributed by atoms with van der Waals surface area (Å²) in [6, 6.07) is 28.4. The second-order valence-corrected chi connectivity index (χ2v) is 7.22. The van der Waals surface area contributed by atoms with Crippen LogP contribution in [-0.4, -0.2) is 42.3 Å². The normalized spacial score (nSPS) is 17.3. The molecule has 1 aliphatic carbocycles. The van der Waals surface area contributed by atoms with Gasteiger partial charge in [-0.15, -0.1) is 0 Å². The number of fused-ring (bicyclic) bond motifs is 3. The van der Waals surface area contributed by atoms with E-state index >= 15 is 0 Å². The predicted molar refractivity (Wildman–Crippen MR) is 111 cm³/mol. The molecule has 0 saturated carbocycles. The van der Waals surface area contributed by atoms with Gasteiger partial charge >= 0.3 is 0 Å². The molecule has 3 heteroatoms. The van der Waals surface area contributed by atoms with E-state index in [4.69, 9.17) is 0 Å². The largest absolute Gasteiger partial charge is 0.294 e. The van der Waals surface area contributed by atoms with Crippen molar-refractivity contribution < 1.29 is 0 Å². The first-order chi connectivity index (χ1) is 13.4. The van der Waals surface area contributed by atoms with Crippen LogP contribution >= 0.6 is 0 Å². The van der Waals surface area contributed by atoms with Gasteiger partial charge in [-0.2, -0.15) is 5.10 Å². The SMILES string of the molecule is C(=N\N1CCN(C2c3ccccc3-c3ccccc32)CC1)/c1ccccc1. The summed E-state index contributed by atoms with van der Waals surface area (Å²) in [5, 5.41) is 6.88. The Labute approximate surface area is 160 Å². The van der Waals surface area contributed by atoms with Crippen LogP contribution in [0.5, 0.6) is 0 Å². The van der Waals surface area contributed by atoms with Gasteiger partial charge < -0.3 is 0 Å². The zero-order chi connectivity index (χ0) is 18.1. The molecule has 2 aliphatic rings. The van der Waals surface area contributed by atoms with Crippen molar-refractivity contribution in [3.63, 3.8) is 0 Å². The molecule has 1 saturated heterocycles. The fourth-order valence-electron chi connectivity index (χ4n) is 4.29. The average molecular weight is 353 g/mol. The van der Waals surface area contributed by atoms with Gasteiger partial charge in [-0.05, 0) is 27.8 Å². The molecule has 0 aromatic heterocycles. The van der Waals surface area contributed by atoms with Gasteiger partial charge in [-0.3, -0.25) is 9.91 Å². The van der Waals surface area contributed by atoms with Crippen molar-refractivity contribution in [2.45, 2.75) is 6.04 Å². The van der Waals surface area contributed by atoms with Crippen LogP contribution in [0.2, 0.25) is 0 Å². The zero-order valence-corrected chi connectivity index (χ0v) is 15.3. The Morgan fingerprint density at radius 2 is 1.22 bits per heavy atom. The maximum atomic E-state index is 4.68. The van der Waals surface area contributed by atoms with E-state index in [9.17, 15) is 0 Å². The molecule has 3 aromatic carbocycles. The summed E-state index contributed by atoms with van der Waals surface area (Å²) in [5.41, 5.74) is 6.82. The monoisotopic (exact) mass is 353 g/mol. The van der Waals surface area contributed by atoms with Crippen molar-refractivity contribution in [1.29, 1.82) is 0 Å². The highest BCUT2D eigenvalue weighted by molar-refractivity contribution is 5.79. The van der Waals surface area contributed by atoms with E-state index in [1.54, 1.807) is 0 Å². The Morgan fingerprint density at radius 3 is 1.85 bits per heavy atom. The molecule has 0 bridgehead atoms. The van der Waals surface area contributed by atoms with Gasteiger partial charge in [0.25, 0.3) is 0 Å². The summed E-state index contributed by atoms with van der Waals surface area (Å²) >= 11 is 0. The maximum Gasteiger partial charge on any atom is 0.0615 e. The molecule has 0 amide bonds. The van der Waals surface area contributed by atoms with Gasteiger partial charge in [-0.1, -0.05) is 78.9 Å². The molecule has 1 fully saturated rings. The number of nitrogens with zero attached hydrogens (tertiary/aromatic N) is 3. The molecule has 27 heavy (non-hydrogen) atoms. The fraction of sp³-hybridized carbons (Fsp3) is 0.208. The topological polar surface area (TPSA) is 18.8 Å². The second-order valence-electron chi connectivity index (χ2n) is 7.22. The third-order valence-electron chi connectivity index (χ3n) is 5.63. The van der Waals surface area contributed by atoms with Crippen molar-refractivity contribution in [1.82, 2.24) is 9.91 Å². The molecule has 1 heterocycles. The van der Waals surface area contributed by atoms with Gasteiger partial charge in [0.05, 0.1) is 12.3 Å². The minimum atomic E-state index is 0.373. The van der Waals surface area contributed by atoms with E-state index < -0.39 is 0 Å². The Kier molecular flexibility index (Phi) is 4.23. The zero-order valence-electron chi connectivity index (χ0n) is 15.3. The lowest BCUT2D eigenvalue weighted by Crippen LogP contribution is -2.45. The quantitative estimate of drug-likeness (QED) is 0.650. The summed E-state index contributed by atoms with van der Waals surface area (Å²) < 4.78 is 0. The van der Waals surface area contributed by atoms with E-state index in [0.717, 1.165) is 31.7 Å². The second kappa shape index (κ2) is 7.01. The smallest absolute Gasteiger partial charge is 0.0615 e. The van der Waals surface area contributed by atoms with Crippen molar-refractivity contribution >= 4 is 6.21 Å². The predicted octanol–water partition coefficient (Wildman–Crippen LogP) is 4.41. The lowest BCUT2D eigenvalue weighted by Gasteiger charge is -2.37. The van der Waals surface area contributed by atoms with Gasteiger partial charge in [0.1, 0.15) is 0 Å². The Bertz CT molecular complexity index is 911. The molecule has 0 atom stereocenters. The molecule has 3 aromatic rings. The van der Waals surface area contributed by atoms with Gasteiger partial charge in [0, 0.05) is 26.2 Å². The van der Waals surface area contributed by atoms with E-state index in [1.807, 2.05) is 24.4 Å². The number of hydrazone groups is 1. The Morgan fingerprint density at radius 1 is 0.667 bits per heavy atom. The molecule has 0 spiro atoms. The molecule has 1 aliphatic heterocycles. The average Bonchev–Trinajstić information content (AvgIpc) is 3.08. The molecular weight excluding hydrogens is 330 g/mol. The first-order valence-corrected chi connectivity index (χ1v) is 9.66. The summed E-state index contributed by atoms with van der Waals surface area (Å²) in [4.78, 5) is 2.61. The van der Waals surface area contributed by atoms with Crippen LogP contribution in [0.3, 0.4) is 0 Å². The number of benzene rings is 3. The van der Waals surface area contributed by atoms with Crippen molar-refractivity contribution in [2.24, 2.45) is 5.10 Å². The number of piperazine rings is 1. The molecular formula is C24H23N3. The van der Waals surface area contributed by atoms with Crippen LogP contribution < -0.4 is 0 Å². The lowest BCUT2D eigenvalue weighted by atomic mass is 10.0. The van der Waals surface area contributed by atoms with Gasteiger partial charge in [0.15, 0.2) is 0 Å². The van der Waals surface area contributed by atoms with E-state index in [-0.39, 0.29) is 0 Å². The van der Waals surface area contributed by atoms with E-state index in [0.29, 0.717) is 6.04 Å². The first-order valence-electron chi connectivity index (χ1n) is 9.66. The van der Waals surface area contributed by atoms with Crippen molar-refractivity contribution in [3.8, 4) is 11.1 Å². The van der Waals surface area contributed by atoms with Crippen LogP contribution in [0.25, 0.3) is 11.1 Å². The minimum Gasteiger partial charge on any atom is -0.294 e. The molecule has 0 N–H and O–H groups in total. The summed E-state index contributed by atoms with van der Waals surface area (Å²) in [7, 11) is 0. The molecule has 3 nitrogen and oxygen atoms in total. The van der Waals surface area contributed by atoms with Gasteiger partial charge in [0.2, 0.25) is 0 Å². The first kappa shape index (κ1) is 16.3. The number of hydrogen-bond donors (Lipinski definition) is 0. The van der Waals surface area contributed by atoms with Crippen molar-refractivity contribution in [3.05, 3.63) is 95.6 Å². The molecule has 5 rings (SSSR count). The van der Waals surface area contributed by atoms with Crippen LogP contribution in [0.4, 0.5) is 0 Å². The maximum absolute atomic E-state index is 4.68. The highest BCUT2D eigenvalue weighted by Gasteiger charge is 2.33. The lowest BCUT2D eigenvalue weighted by molar-refractivity contribution is 0.114. The van der Waals surface area contributed by atoms with Crippen LogP contribution in [0.1, 0.15) is 22.7 Å². The standard InChI is InChI=1S/C24H23N3/c1-2-8-19(9-3-1)18-25-27-16-14-26(15-17-27)24-22-12-6-4-10-20(22)21-11-5-7-13-23(21)24/h1-13,18,24H,14-17H2/b25-18+. The Hall–Kier alpha value is -2.91. The van der Waals surface area contributed by atoms with Gasteiger partial charge in [-0.25, -0.2) is 0 Å².